The number of carbonyl (C=O) groups is 1. The summed E-state index contributed by atoms with van der Waals surface area (Å²) in [5, 5.41) is 5.22. The van der Waals surface area contributed by atoms with Crippen LogP contribution in [0.3, 0.4) is 0 Å². The summed E-state index contributed by atoms with van der Waals surface area (Å²) in [4.78, 5) is 22.0. The van der Waals surface area contributed by atoms with Gasteiger partial charge in [-0.2, -0.15) is 5.10 Å². The zero-order valence-electron chi connectivity index (χ0n) is 18.0. The first kappa shape index (κ1) is 23.3. The number of hydrogen-bond acceptors (Lipinski definition) is 5. The second kappa shape index (κ2) is 9.69. The van der Waals surface area contributed by atoms with Crippen LogP contribution in [0.15, 0.2) is 24.4 Å². The fourth-order valence-electron chi connectivity index (χ4n) is 3.18. The topological polar surface area (TPSA) is 54.3 Å². The molecule has 8 heteroatoms. The molecule has 0 spiro atoms. The molecule has 2 aromatic heterocycles. The van der Waals surface area contributed by atoms with Crippen LogP contribution in [0.4, 0.5) is 5.13 Å². The summed E-state index contributed by atoms with van der Waals surface area (Å²) in [6.07, 6.45) is 2.74. The van der Waals surface area contributed by atoms with Gasteiger partial charge in [-0.3, -0.25) is 14.4 Å². The third-order valence-corrected chi connectivity index (χ3v) is 5.66. The first-order valence-electron chi connectivity index (χ1n) is 9.66. The first-order chi connectivity index (χ1) is 13.3. The normalized spacial score (nSPS) is 11.3. The van der Waals surface area contributed by atoms with E-state index in [4.69, 9.17) is 4.98 Å². The maximum atomic E-state index is 13.3. The van der Waals surface area contributed by atoms with Crippen molar-refractivity contribution < 1.29 is 4.79 Å². The molecule has 0 unspecified atom stereocenters. The molecule has 2 heterocycles. The minimum absolute atomic E-state index is 0. The molecule has 0 fully saturated rings. The number of rotatable bonds is 7. The number of amides is 1. The van der Waals surface area contributed by atoms with Crippen molar-refractivity contribution in [1.82, 2.24) is 19.7 Å². The van der Waals surface area contributed by atoms with E-state index in [1.165, 1.54) is 5.56 Å². The Kier molecular flexibility index (Phi) is 7.80. The van der Waals surface area contributed by atoms with Crippen molar-refractivity contribution in [3.05, 3.63) is 41.2 Å². The highest BCUT2D eigenvalue weighted by Gasteiger charge is 2.24. The number of aromatic nitrogens is 3. The standard InChI is InChI=1S/C21H29N5OS.ClH/c1-14(2)26-11-8-17(23-26)20(27)25(10-7-9-24(5)6)21-22-19-16(4)12-15(3)13-18(19)28-21;/h8,11-14H,7,9-10H2,1-6H3;1H. The second-order valence-electron chi connectivity index (χ2n) is 7.81. The number of hydrogen-bond donors (Lipinski definition) is 0. The summed E-state index contributed by atoms with van der Waals surface area (Å²) in [5.41, 5.74) is 3.79. The van der Waals surface area contributed by atoms with Crippen LogP contribution in [0.5, 0.6) is 0 Å². The van der Waals surface area contributed by atoms with Crippen LogP contribution < -0.4 is 4.90 Å². The Hall–Kier alpha value is -1.96. The average molecular weight is 436 g/mol. The Bertz CT molecular complexity index is 979. The lowest BCUT2D eigenvalue weighted by Crippen LogP contribution is -2.33. The number of carbonyl (C=O) groups excluding carboxylic acids is 1. The lowest BCUT2D eigenvalue weighted by molar-refractivity contribution is 0.0980. The van der Waals surface area contributed by atoms with Gasteiger partial charge in [-0.25, -0.2) is 4.98 Å². The van der Waals surface area contributed by atoms with Gasteiger partial charge in [-0.1, -0.05) is 17.4 Å². The van der Waals surface area contributed by atoms with E-state index < -0.39 is 0 Å². The van der Waals surface area contributed by atoms with Crippen molar-refractivity contribution in [2.45, 2.75) is 40.2 Å². The van der Waals surface area contributed by atoms with Crippen LogP contribution in [0, 0.1) is 13.8 Å². The Labute approximate surface area is 182 Å². The average Bonchev–Trinajstić information content (AvgIpc) is 3.25. The van der Waals surface area contributed by atoms with Gasteiger partial charge in [-0.05, 0) is 78.0 Å². The summed E-state index contributed by atoms with van der Waals surface area (Å²) in [6, 6.07) is 6.29. The van der Waals surface area contributed by atoms with Crippen LogP contribution in [0.2, 0.25) is 0 Å². The fraction of sp³-hybridized carbons (Fsp3) is 0.476. The largest absolute Gasteiger partial charge is 0.309 e. The molecule has 3 aromatic rings. The molecule has 3 rings (SSSR count). The predicted octanol–water partition coefficient (Wildman–Crippen LogP) is 4.71. The highest BCUT2D eigenvalue weighted by molar-refractivity contribution is 7.22. The van der Waals surface area contributed by atoms with Gasteiger partial charge < -0.3 is 4.90 Å². The minimum Gasteiger partial charge on any atom is -0.309 e. The van der Waals surface area contributed by atoms with Gasteiger partial charge in [0.05, 0.1) is 10.2 Å². The SMILES string of the molecule is Cc1cc(C)c2nc(N(CCCN(C)C)C(=O)c3ccn(C(C)C)n3)sc2c1.Cl. The van der Waals surface area contributed by atoms with Crippen LogP contribution in [-0.2, 0) is 0 Å². The Morgan fingerprint density at radius 2 is 1.93 bits per heavy atom. The van der Waals surface area contributed by atoms with Gasteiger partial charge in [-0.15, -0.1) is 12.4 Å². The predicted molar refractivity (Wildman–Crippen MR) is 124 cm³/mol. The number of benzene rings is 1. The van der Waals surface area contributed by atoms with Crippen molar-refractivity contribution in [1.29, 1.82) is 0 Å². The lowest BCUT2D eigenvalue weighted by Gasteiger charge is -2.20. The van der Waals surface area contributed by atoms with Crippen LogP contribution in [0.25, 0.3) is 10.2 Å². The summed E-state index contributed by atoms with van der Waals surface area (Å²) in [7, 11) is 4.08. The second-order valence-corrected chi connectivity index (χ2v) is 8.82. The molecule has 158 valence electrons. The summed E-state index contributed by atoms with van der Waals surface area (Å²) >= 11 is 1.57. The van der Waals surface area contributed by atoms with E-state index in [1.807, 2.05) is 25.0 Å². The minimum atomic E-state index is -0.0911. The first-order valence-corrected chi connectivity index (χ1v) is 10.5. The molecule has 0 radical (unpaired) electrons. The smallest absolute Gasteiger partial charge is 0.280 e. The Balaban J connectivity index is 0.00000300. The van der Waals surface area contributed by atoms with Crippen molar-refractivity contribution in [2.24, 2.45) is 0 Å². The summed E-state index contributed by atoms with van der Waals surface area (Å²) in [6.45, 7) is 9.78. The molecule has 1 amide bonds. The monoisotopic (exact) mass is 435 g/mol. The Morgan fingerprint density at radius 1 is 1.21 bits per heavy atom. The fourth-order valence-corrected chi connectivity index (χ4v) is 4.35. The molecule has 29 heavy (non-hydrogen) atoms. The molecule has 0 aliphatic carbocycles. The zero-order chi connectivity index (χ0) is 20.4. The van der Waals surface area contributed by atoms with E-state index in [0.29, 0.717) is 12.2 Å². The van der Waals surface area contributed by atoms with Gasteiger partial charge in [0.1, 0.15) is 0 Å². The quantitative estimate of drug-likeness (QED) is 0.539. The molecule has 0 bridgehead atoms. The molecular weight excluding hydrogens is 406 g/mol. The zero-order valence-corrected chi connectivity index (χ0v) is 19.6. The summed E-state index contributed by atoms with van der Waals surface area (Å²) in [5.74, 6) is -0.0911. The molecule has 0 N–H and O–H groups in total. The number of anilines is 1. The number of halogens is 1. The van der Waals surface area contributed by atoms with Crippen molar-refractivity contribution in [3.63, 3.8) is 0 Å². The molecule has 0 aliphatic rings. The molecular formula is C21H30ClN5OS. The van der Waals surface area contributed by atoms with Gasteiger partial charge in [0.25, 0.3) is 5.91 Å². The third kappa shape index (κ3) is 5.35. The molecule has 0 aliphatic heterocycles. The lowest BCUT2D eigenvalue weighted by atomic mass is 10.1. The van der Waals surface area contributed by atoms with Gasteiger partial charge in [0.15, 0.2) is 10.8 Å². The van der Waals surface area contributed by atoms with E-state index in [9.17, 15) is 4.79 Å². The van der Waals surface area contributed by atoms with Crippen LogP contribution in [-0.4, -0.2) is 52.8 Å². The Morgan fingerprint density at radius 3 is 2.55 bits per heavy atom. The molecule has 0 atom stereocenters. The van der Waals surface area contributed by atoms with Gasteiger partial charge in [0.2, 0.25) is 0 Å². The maximum absolute atomic E-state index is 13.3. The van der Waals surface area contributed by atoms with E-state index in [0.717, 1.165) is 33.9 Å². The van der Waals surface area contributed by atoms with E-state index in [1.54, 1.807) is 22.3 Å². The van der Waals surface area contributed by atoms with Gasteiger partial charge in [0, 0.05) is 18.8 Å². The molecule has 6 nitrogen and oxygen atoms in total. The van der Waals surface area contributed by atoms with Crippen molar-refractivity contribution in [2.75, 3.05) is 32.1 Å². The van der Waals surface area contributed by atoms with E-state index in [-0.39, 0.29) is 24.4 Å². The summed E-state index contributed by atoms with van der Waals surface area (Å²) < 4.78 is 2.93. The maximum Gasteiger partial charge on any atom is 0.280 e. The number of nitrogens with zero attached hydrogens (tertiary/aromatic N) is 5. The van der Waals surface area contributed by atoms with Crippen molar-refractivity contribution >= 4 is 45.0 Å². The van der Waals surface area contributed by atoms with Crippen LogP contribution in [0.1, 0.15) is 47.9 Å². The molecule has 1 aromatic carbocycles. The molecule has 0 saturated heterocycles. The number of thiazole rings is 1. The number of fused-ring (bicyclic) bond motifs is 1. The molecule has 0 saturated carbocycles. The van der Waals surface area contributed by atoms with Crippen LogP contribution >= 0.6 is 23.7 Å². The van der Waals surface area contributed by atoms with Gasteiger partial charge >= 0.3 is 0 Å². The van der Waals surface area contributed by atoms with Crippen molar-refractivity contribution in [3.8, 4) is 0 Å². The van der Waals surface area contributed by atoms with E-state index >= 15 is 0 Å². The van der Waals surface area contributed by atoms with E-state index in [2.05, 4.69) is 49.8 Å². The third-order valence-electron chi connectivity index (χ3n) is 4.64. The highest BCUT2D eigenvalue weighted by Crippen LogP contribution is 2.32. The highest BCUT2D eigenvalue weighted by atomic mass is 35.5. The number of aryl methyl sites for hydroxylation is 2.